The summed E-state index contributed by atoms with van der Waals surface area (Å²) in [6, 6.07) is 0. The normalized spacial score (nSPS) is 23.9. The summed E-state index contributed by atoms with van der Waals surface area (Å²) < 4.78 is 0. The molecule has 1 amide bonds. The number of hydrogen-bond acceptors (Lipinski definition) is 4. The first-order valence-electron chi connectivity index (χ1n) is 6.38. The molecule has 5 heteroatoms. The van der Waals surface area contributed by atoms with Crippen LogP contribution in [0.4, 0.5) is 0 Å². The molecule has 1 aromatic heterocycles. The van der Waals surface area contributed by atoms with E-state index in [0.717, 1.165) is 36.6 Å². The van der Waals surface area contributed by atoms with E-state index in [2.05, 4.69) is 17.2 Å². The van der Waals surface area contributed by atoms with E-state index < -0.39 is 0 Å². The molecule has 1 unspecified atom stereocenters. The lowest BCUT2D eigenvalue weighted by molar-refractivity contribution is -0.141. The van der Waals surface area contributed by atoms with Crippen LogP contribution in [0.1, 0.15) is 30.5 Å². The lowest BCUT2D eigenvalue weighted by Crippen LogP contribution is -2.48. The van der Waals surface area contributed by atoms with Gasteiger partial charge in [0.15, 0.2) is 0 Å². The number of carbonyl (C=O) groups is 1. The van der Waals surface area contributed by atoms with Crippen LogP contribution < -0.4 is 5.32 Å². The molecule has 1 atom stereocenters. The van der Waals surface area contributed by atoms with E-state index in [1.807, 2.05) is 24.3 Å². The zero-order valence-corrected chi connectivity index (χ0v) is 12.1. The Morgan fingerprint density at radius 3 is 3.00 bits per heavy atom. The first kappa shape index (κ1) is 13.5. The maximum absolute atomic E-state index is 12.5. The highest BCUT2D eigenvalue weighted by Gasteiger charge is 2.36. The highest BCUT2D eigenvalue weighted by molar-refractivity contribution is 7.09. The predicted octanol–water partition coefficient (Wildman–Crippen LogP) is 1.80. The molecule has 0 aromatic carbocycles. The molecule has 0 bridgehead atoms. The van der Waals surface area contributed by atoms with E-state index in [1.165, 1.54) is 0 Å². The maximum atomic E-state index is 12.5. The molecule has 100 valence electrons. The van der Waals surface area contributed by atoms with E-state index in [-0.39, 0.29) is 11.3 Å². The lowest BCUT2D eigenvalue weighted by Gasteiger charge is -2.35. The van der Waals surface area contributed by atoms with Crippen molar-refractivity contribution in [2.45, 2.75) is 33.2 Å². The molecule has 2 heterocycles. The second-order valence-corrected chi connectivity index (χ2v) is 6.42. The van der Waals surface area contributed by atoms with E-state index >= 15 is 0 Å². The van der Waals surface area contributed by atoms with E-state index in [0.29, 0.717) is 6.54 Å². The Hall–Kier alpha value is -0.940. The van der Waals surface area contributed by atoms with Crippen LogP contribution in [-0.4, -0.2) is 35.9 Å². The van der Waals surface area contributed by atoms with Crippen LogP contribution in [0.15, 0.2) is 5.38 Å². The van der Waals surface area contributed by atoms with Gasteiger partial charge in [-0.2, -0.15) is 0 Å². The number of carbonyl (C=O) groups excluding carboxylic acids is 1. The van der Waals surface area contributed by atoms with Crippen molar-refractivity contribution in [3.63, 3.8) is 0 Å². The third-order valence-electron chi connectivity index (χ3n) is 3.53. The fourth-order valence-electron chi connectivity index (χ4n) is 2.50. The molecular formula is C13H21N3OS. The van der Waals surface area contributed by atoms with Crippen molar-refractivity contribution in [3.8, 4) is 0 Å². The first-order chi connectivity index (χ1) is 8.51. The average molecular weight is 267 g/mol. The highest BCUT2D eigenvalue weighted by atomic mass is 32.1. The summed E-state index contributed by atoms with van der Waals surface area (Å²) in [6.07, 6.45) is 2.05. The van der Waals surface area contributed by atoms with Gasteiger partial charge in [-0.25, -0.2) is 4.98 Å². The van der Waals surface area contributed by atoms with E-state index in [4.69, 9.17) is 0 Å². The zero-order valence-electron chi connectivity index (χ0n) is 11.3. The quantitative estimate of drug-likeness (QED) is 0.908. The summed E-state index contributed by atoms with van der Waals surface area (Å²) in [5.41, 5.74) is 0.735. The number of amides is 1. The molecule has 1 fully saturated rings. The van der Waals surface area contributed by atoms with Gasteiger partial charge in [0.2, 0.25) is 5.91 Å². The van der Waals surface area contributed by atoms with Crippen LogP contribution in [0, 0.1) is 12.3 Å². The molecule has 0 saturated carbocycles. The molecule has 0 radical (unpaired) electrons. The molecule has 4 nitrogen and oxygen atoms in total. The van der Waals surface area contributed by atoms with Gasteiger partial charge in [-0.1, -0.05) is 0 Å². The minimum Gasteiger partial charge on any atom is -0.339 e. The summed E-state index contributed by atoms with van der Waals surface area (Å²) >= 11 is 1.63. The average Bonchev–Trinajstić information content (AvgIpc) is 2.74. The summed E-state index contributed by atoms with van der Waals surface area (Å²) in [5, 5.41) is 6.40. The van der Waals surface area contributed by atoms with Gasteiger partial charge in [-0.3, -0.25) is 4.79 Å². The summed E-state index contributed by atoms with van der Waals surface area (Å²) in [7, 11) is 1.87. The van der Waals surface area contributed by atoms with Crippen molar-refractivity contribution < 1.29 is 4.79 Å². The van der Waals surface area contributed by atoms with Crippen molar-refractivity contribution in [3.05, 3.63) is 16.1 Å². The van der Waals surface area contributed by atoms with Gasteiger partial charge in [0.05, 0.1) is 22.7 Å². The van der Waals surface area contributed by atoms with Crippen LogP contribution in [-0.2, 0) is 11.3 Å². The Balaban J connectivity index is 1.99. The number of thiazole rings is 1. The van der Waals surface area contributed by atoms with Gasteiger partial charge in [0.25, 0.3) is 0 Å². The Morgan fingerprint density at radius 1 is 1.67 bits per heavy atom. The molecule has 1 saturated heterocycles. The van der Waals surface area contributed by atoms with Crippen molar-refractivity contribution in [2.24, 2.45) is 5.41 Å². The van der Waals surface area contributed by atoms with E-state index in [9.17, 15) is 4.79 Å². The standard InChI is InChI=1S/C13H21N3OS/c1-10-15-11(8-18-10)7-16(3)12(17)13(2)5-4-6-14-9-13/h8,14H,4-7,9H2,1-3H3. The van der Waals surface area contributed by atoms with Crippen molar-refractivity contribution in [1.29, 1.82) is 0 Å². The number of nitrogens with zero attached hydrogens (tertiary/aromatic N) is 2. The van der Waals surface area contributed by atoms with Crippen LogP contribution in [0.5, 0.6) is 0 Å². The predicted molar refractivity (Wildman–Crippen MR) is 73.5 cm³/mol. The lowest BCUT2D eigenvalue weighted by atomic mass is 9.81. The monoisotopic (exact) mass is 267 g/mol. The molecule has 1 aliphatic heterocycles. The van der Waals surface area contributed by atoms with Crippen molar-refractivity contribution in [1.82, 2.24) is 15.2 Å². The van der Waals surface area contributed by atoms with Crippen molar-refractivity contribution >= 4 is 17.2 Å². The van der Waals surface area contributed by atoms with Crippen molar-refractivity contribution in [2.75, 3.05) is 20.1 Å². The van der Waals surface area contributed by atoms with Gasteiger partial charge in [0.1, 0.15) is 0 Å². The van der Waals surface area contributed by atoms with Gasteiger partial charge in [-0.15, -0.1) is 11.3 Å². The molecule has 1 aliphatic rings. The molecule has 1 N–H and O–H groups in total. The largest absolute Gasteiger partial charge is 0.339 e. The number of aromatic nitrogens is 1. The Kier molecular flexibility index (Phi) is 4.02. The Morgan fingerprint density at radius 2 is 2.44 bits per heavy atom. The topological polar surface area (TPSA) is 45.2 Å². The molecule has 2 rings (SSSR count). The van der Waals surface area contributed by atoms with Gasteiger partial charge >= 0.3 is 0 Å². The fraction of sp³-hybridized carbons (Fsp3) is 0.692. The van der Waals surface area contributed by atoms with Crippen LogP contribution in [0.2, 0.25) is 0 Å². The summed E-state index contributed by atoms with van der Waals surface area (Å²) in [6.45, 7) is 6.47. The van der Waals surface area contributed by atoms with Crippen LogP contribution >= 0.6 is 11.3 Å². The minimum atomic E-state index is -0.252. The number of piperidine rings is 1. The van der Waals surface area contributed by atoms with Gasteiger partial charge in [-0.05, 0) is 33.2 Å². The van der Waals surface area contributed by atoms with Gasteiger partial charge < -0.3 is 10.2 Å². The van der Waals surface area contributed by atoms with Crippen LogP contribution in [0.3, 0.4) is 0 Å². The molecule has 0 spiro atoms. The third kappa shape index (κ3) is 2.90. The highest BCUT2D eigenvalue weighted by Crippen LogP contribution is 2.28. The Bertz CT molecular complexity index is 424. The van der Waals surface area contributed by atoms with E-state index in [1.54, 1.807) is 11.3 Å². The number of nitrogens with one attached hydrogen (secondary N) is 1. The molecule has 1 aromatic rings. The third-order valence-corrected chi connectivity index (χ3v) is 4.35. The molecule has 18 heavy (non-hydrogen) atoms. The zero-order chi connectivity index (χ0) is 13.2. The smallest absolute Gasteiger partial charge is 0.229 e. The maximum Gasteiger partial charge on any atom is 0.229 e. The first-order valence-corrected chi connectivity index (χ1v) is 7.26. The summed E-state index contributed by atoms with van der Waals surface area (Å²) in [5.74, 6) is 0.223. The number of rotatable bonds is 3. The summed E-state index contributed by atoms with van der Waals surface area (Å²) in [4.78, 5) is 18.7. The SMILES string of the molecule is Cc1nc(CN(C)C(=O)C2(C)CCCNC2)cs1. The molecular weight excluding hydrogens is 246 g/mol. The number of hydrogen-bond donors (Lipinski definition) is 1. The number of aryl methyl sites for hydroxylation is 1. The Labute approximate surface area is 112 Å². The second-order valence-electron chi connectivity index (χ2n) is 5.36. The second kappa shape index (κ2) is 5.36. The fourth-order valence-corrected chi connectivity index (χ4v) is 3.10. The van der Waals surface area contributed by atoms with Crippen LogP contribution in [0.25, 0.3) is 0 Å². The molecule has 0 aliphatic carbocycles. The minimum absolute atomic E-state index is 0.223. The van der Waals surface area contributed by atoms with Gasteiger partial charge in [0, 0.05) is 19.0 Å².